The zero-order valence-corrected chi connectivity index (χ0v) is 13.0. The quantitative estimate of drug-likeness (QED) is 0.328. The van der Waals surface area contributed by atoms with E-state index >= 15 is 0 Å². The van der Waals surface area contributed by atoms with E-state index < -0.39 is 0 Å². The first-order chi connectivity index (χ1) is 7.65. The van der Waals surface area contributed by atoms with Gasteiger partial charge in [0.05, 0.1) is 12.2 Å². The van der Waals surface area contributed by atoms with Gasteiger partial charge in [-0.05, 0) is 20.3 Å². The number of hydrogen-bond acceptors (Lipinski definition) is 2. The van der Waals surface area contributed by atoms with Crippen LogP contribution in [0.25, 0.3) is 0 Å². The molecule has 0 aliphatic carbocycles. The molecule has 0 fully saturated rings. The van der Waals surface area contributed by atoms with Crippen LogP contribution in [0, 0.1) is 13.8 Å². The Morgan fingerprint density at radius 3 is 2.71 bits per heavy atom. The highest BCUT2D eigenvalue weighted by Gasteiger charge is 2.04. The minimum absolute atomic E-state index is 0. The zero-order valence-electron chi connectivity index (χ0n) is 10.7. The normalized spacial score (nSPS) is 11.1. The molecule has 0 saturated carbocycles. The molecule has 5 nitrogen and oxygen atoms in total. The van der Waals surface area contributed by atoms with Crippen molar-refractivity contribution in [1.29, 1.82) is 0 Å². The summed E-state index contributed by atoms with van der Waals surface area (Å²) in [6.45, 7) is 7.57. The van der Waals surface area contributed by atoms with Crippen molar-refractivity contribution >= 4 is 29.9 Å². The zero-order chi connectivity index (χ0) is 12.0. The molecule has 4 N–H and O–H groups in total. The van der Waals surface area contributed by atoms with Crippen LogP contribution in [0.5, 0.6) is 0 Å². The second-order valence-corrected chi connectivity index (χ2v) is 3.89. The Hall–Kier alpha value is -0.790. The van der Waals surface area contributed by atoms with Crippen molar-refractivity contribution in [3.05, 3.63) is 17.0 Å². The fourth-order valence-electron chi connectivity index (χ4n) is 1.42. The van der Waals surface area contributed by atoms with Gasteiger partial charge in [-0.2, -0.15) is 5.10 Å². The first-order valence-corrected chi connectivity index (χ1v) is 5.69. The van der Waals surface area contributed by atoms with Crippen LogP contribution < -0.4 is 11.1 Å². The van der Waals surface area contributed by atoms with Gasteiger partial charge in [-0.15, -0.1) is 24.0 Å². The molecule has 0 spiro atoms. The summed E-state index contributed by atoms with van der Waals surface area (Å²) in [4.78, 5) is 4.28. The molecule has 1 aromatic rings. The molecular formula is C11H22IN5. The van der Waals surface area contributed by atoms with Gasteiger partial charge in [-0.1, -0.05) is 13.3 Å². The van der Waals surface area contributed by atoms with Crippen LogP contribution in [0.4, 0.5) is 0 Å². The predicted octanol–water partition coefficient (Wildman–Crippen LogP) is 1.85. The van der Waals surface area contributed by atoms with Crippen molar-refractivity contribution in [3.63, 3.8) is 0 Å². The fourth-order valence-corrected chi connectivity index (χ4v) is 1.42. The highest BCUT2D eigenvalue weighted by Crippen LogP contribution is 2.09. The second kappa shape index (κ2) is 8.32. The molecule has 0 aliphatic heterocycles. The standard InChI is InChI=1S/C11H21N5.HI/c1-4-5-6-13-11(12)14-7-10-8(2)15-16-9(10)3;/h4-7H2,1-3H3,(H,15,16)(H3,12,13,14);1H. The number of aromatic nitrogens is 2. The molecule has 1 aromatic heterocycles. The molecule has 98 valence electrons. The highest BCUT2D eigenvalue weighted by atomic mass is 127. The molecule has 0 amide bonds. The highest BCUT2D eigenvalue weighted by molar-refractivity contribution is 14.0. The average molecular weight is 351 g/mol. The number of aryl methyl sites for hydroxylation is 2. The Labute approximate surface area is 120 Å². The Balaban J connectivity index is 0.00000256. The number of nitrogens with one attached hydrogen (secondary N) is 2. The van der Waals surface area contributed by atoms with Gasteiger partial charge in [-0.25, -0.2) is 4.99 Å². The minimum Gasteiger partial charge on any atom is -0.370 e. The molecule has 0 bridgehead atoms. The summed E-state index contributed by atoms with van der Waals surface area (Å²) in [5.74, 6) is 0.508. The van der Waals surface area contributed by atoms with Gasteiger partial charge in [-0.3, -0.25) is 5.10 Å². The third kappa shape index (κ3) is 5.38. The Morgan fingerprint density at radius 2 is 2.18 bits per heavy atom. The lowest BCUT2D eigenvalue weighted by atomic mass is 10.2. The van der Waals surface area contributed by atoms with Crippen molar-refractivity contribution < 1.29 is 0 Å². The summed E-state index contributed by atoms with van der Waals surface area (Å²) in [6.07, 6.45) is 2.26. The number of nitrogens with two attached hydrogens (primary N) is 1. The molecule has 0 atom stereocenters. The van der Waals surface area contributed by atoms with Gasteiger partial charge in [0, 0.05) is 17.8 Å². The van der Waals surface area contributed by atoms with Gasteiger partial charge in [0.25, 0.3) is 0 Å². The fraction of sp³-hybridized carbons (Fsp3) is 0.636. The van der Waals surface area contributed by atoms with E-state index in [1.807, 2.05) is 13.8 Å². The van der Waals surface area contributed by atoms with Crippen LogP contribution in [0.1, 0.15) is 36.7 Å². The van der Waals surface area contributed by atoms with Crippen molar-refractivity contribution in [2.75, 3.05) is 6.54 Å². The van der Waals surface area contributed by atoms with Gasteiger partial charge in [0.2, 0.25) is 0 Å². The average Bonchev–Trinajstić information content (AvgIpc) is 2.57. The molecule has 0 aliphatic rings. The molecule has 0 aromatic carbocycles. The van der Waals surface area contributed by atoms with Crippen molar-refractivity contribution in [1.82, 2.24) is 15.5 Å². The Morgan fingerprint density at radius 1 is 1.47 bits per heavy atom. The first kappa shape index (κ1) is 16.2. The summed E-state index contributed by atoms with van der Waals surface area (Å²) in [5.41, 5.74) is 8.91. The van der Waals surface area contributed by atoms with Crippen LogP contribution in [0.15, 0.2) is 4.99 Å². The maximum absolute atomic E-state index is 5.74. The monoisotopic (exact) mass is 351 g/mol. The van der Waals surface area contributed by atoms with E-state index in [0.29, 0.717) is 12.5 Å². The topological polar surface area (TPSA) is 79.1 Å². The van der Waals surface area contributed by atoms with E-state index in [4.69, 9.17) is 5.73 Å². The van der Waals surface area contributed by atoms with Crippen molar-refractivity contribution in [2.45, 2.75) is 40.2 Å². The van der Waals surface area contributed by atoms with Crippen LogP contribution in [-0.4, -0.2) is 22.7 Å². The lowest BCUT2D eigenvalue weighted by Gasteiger charge is -2.04. The lowest BCUT2D eigenvalue weighted by molar-refractivity contribution is 0.748. The number of nitrogens with zero attached hydrogens (tertiary/aromatic N) is 2. The SMILES string of the molecule is CCCCNC(N)=NCc1c(C)n[nH]c1C.I. The smallest absolute Gasteiger partial charge is 0.188 e. The largest absolute Gasteiger partial charge is 0.370 e. The number of halogens is 1. The molecule has 0 unspecified atom stereocenters. The summed E-state index contributed by atoms with van der Waals surface area (Å²) in [6, 6.07) is 0. The number of unbranched alkanes of at least 4 members (excludes halogenated alkanes) is 1. The van der Waals surface area contributed by atoms with Crippen LogP contribution >= 0.6 is 24.0 Å². The van der Waals surface area contributed by atoms with Crippen LogP contribution in [0.2, 0.25) is 0 Å². The third-order valence-corrected chi connectivity index (χ3v) is 2.52. The minimum atomic E-state index is 0. The Kier molecular flexibility index (Phi) is 7.94. The first-order valence-electron chi connectivity index (χ1n) is 5.69. The molecule has 0 radical (unpaired) electrons. The number of guanidine groups is 1. The van der Waals surface area contributed by atoms with E-state index in [-0.39, 0.29) is 24.0 Å². The number of hydrogen-bond donors (Lipinski definition) is 3. The van der Waals surface area contributed by atoms with E-state index in [9.17, 15) is 0 Å². The van der Waals surface area contributed by atoms with Crippen LogP contribution in [-0.2, 0) is 6.54 Å². The summed E-state index contributed by atoms with van der Waals surface area (Å²) >= 11 is 0. The number of rotatable bonds is 5. The lowest BCUT2D eigenvalue weighted by Crippen LogP contribution is -2.32. The maximum Gasteiger partial charge on any atom is 0.188 e. The van der Waals surface area contributed by atoms with Crippen molar-refractivity contribution in [2.24, 2.45) is 10.7 Å². The van der Waals surface area contributed by atoms with E-state index in [1.54, 1.807) is 0 Å². The molecular weight excluding hydrogens is 329 g/mol. The number of H-pyrrole nitrogens is 1. The Bertz CT molecular complexity index is 339. The van der Waals surface area contributed by atoms with Gasteiger partial charge in [0.15, 0.2) is 5.96 Å². The molecule has 1 rings (SSSR count). The molecule has 6 heteroatoms. The third-order valence-electron chi connectivity index (χ3n) is 2.52. The number of aliphatic imine (C=N–C) groups is 1. The van der Waals surface area contributed by atoms with E-state index in [0.717, 1.165) is 36.3 Å². The summed E-state index contributed by atoms with van der Waals surface area (Å²) in [5, 5.41) is 10.1. The molecule has 1 heterocycles. The predicted molar refractivity (Wildman–Crippen MR) is 81.7 cm³/mol. The van der Waals surface area contributed by atoms with Crippen LogP contribution in [0.3, 0.4) is 0 Å². The van der Waals surface area contributed by atoms with Gasteiger partial charge in [0.1, 0.15) is 0 Å². The number of aromatic amines is 1. The molecule has 0 saturated heterocycles. The maximum atomic E-state index is 5.74. The van der Waals surface area contributed by atoms with Gasteiger partial charge >= 0.3 is 0 Å². The summed E-state index contributed by atoms with van der Waals surface area (Å²) < 4.78 is 0. The van der Waals surface area contributed by atoms with Crippen molar-refractivity contribution in [3.8, 4) is 0 Å². The second-order valence-electron chi connectivity index (χ2n) is 3.89. The van der Waals surface area contributed by atoms with E-state index in [1.165, 1.54) is 0 Å². The molecule has 17 heavy (non-hydrogen) atoms. The van der Waals surface area contributed by atoms with E-state index in [2.05, 4.69) is 27.4 Å². The summed E-state index contributed by atoms with van der Waals surface area (Å²) in [7, 11) is 0. The van der Waals surface area contributed by atoms with Gasteiger partial charge < -0.3 is 11.1 Å².